The standard InChI is InChI=1S/C26H22N2S2/c1-26(2,3)20-13-17(12-16-6-4-5-7-18(16)20)21-25-22(28-14-27-21)19-9-8-15-10-11-29-23(15)24(19)30-25/h4-13,28H,14H2,1-3H3. The van der Waals surface area contributed by atoms with Crippen molar-refractivity contribution in [1.29, 1.82) is 0 Å². The van der Waals surface area contributed by atoms with Crippen LogP contribution in [0.2, 0.25) is 0 Å². The van der Waals surface area contributed by atoms with Crippen LogP contribution in [0, 0.1) is 0 Å². The highest BCUT2D eigenvalue weighted by Crippen LogP contribution is 2.44. The van der Waals surface area contributed by atoms with Gasteiger partial charge in [0.1, 0.15) is 6.67 Å². The van der Waals surface area contributed by atoms with E-state index in [0.29, 0.717) is 6.67 Å². The summed E-state index contributed by atoms with van der Waals surface area (Å²) < 4.78 is 2.74. The van der Waals surface area contributed by atoms with Gasteiger partial charge < -0.3 is 5.32 Å². The van der Waals surface area contributed by atoms with Crippen LogP contribution in [0.5, 0.6) is 0 Å². The summed E-state index contributed by atoms with van der Waals surface area (Å²) in [6.45, 7) is 7.50. The molecule has 0 radical (unpaired) electrons. The summed E-state index contributed by atoms with van der Waals surface area (Å²) >= 11 is 3.70. The average Bonchev–Trinajstić information content (AvgIpc) is 3.36. The van der Waals surface area contributed by atoms with Gasteiger partial charge in [-0.3, -0.25) is 4.99 Å². The molecule has 5 aromatic rings. The van der Waals surface area contributed by atoms with Crippen LogP contribution in [0.3, 0.4) is 0 Å². The van der Waals surface area contributed by atoms with Crippen molar-refractivity contribution in [3.63, 3.8) is 0 Å². The Hall–Kier alpha value is -2.69. The molecule has 6 rings (SSSR count). The Labute approximate surface area is 183 Å². The number of hydrogen-bond acceptors (Lipinski definition) is 4. The molecule has 3 aromatic carbocycles. The van der Waals surface area contributed by atoms with Gasteiger partial charge in [-0.1, -0.05) is 57.2 Å². The molecular formula is C26H22N2S2. The first-order chi connectivity index (χ1) is 14.5. The zero-order valence-electron chi connectivity index (χ0n) is 17.2. The van der Waals surface area contributed by atoms with Gasteiger partial charge in [-0.05, 0) is 50.7 Å². The molecule has 0 aliphatic carbocycles. The predicted molar refractivity (Wildman–Crippen MR) is 134 cm³/mol. The van der Waals surface area contributed by atoms with Gasteiger partial charge in [0.15, 0.2) is 0 Å². The molecule has 0 spiro atoms. The monoisotopic (exact) mass is 426 g/mol. The van der Waals surface area contributed by atoms with Crippen LogP contribution in [0.15, 0.2) is 65.0 Å². The largest absolute Gasteiger partial charge is 0.365 e. The lowest BCUT2D eigenvalue weighted by atomic mass is 9.82. The van der Waals surface area contributed by atoms with Crippen LogP contribution in [0.1, 0.15) is 36.8 Å². The first kappa shape index (κ1) is 18.1. The normalized spacial score (nSPS) is 14.2. The summed E-state index contributed by atoms with van der Waals surface area (Å²) in [4.78, 5) is 6.21. The van der Waals surface area contributed by atoms with E-state index < -0.39 is 0 Å². The lowest BCUT2D eigenvalue weighted by Crippen LogP contribution is -2.17. The zero-order chi connectivity index (χ0) is 20.5. The van der Waals surface area contributed by atoms with Gasteiger partial charge in [0.25, 0.3) is 0 Å². The molecule has 2 aromatic heterocycles. The fourth-order valence-electron chi connectivity index (χ4n) is 4.48. The van der Waals surface area contributed by atoms with Gasteiger partial charge in [-0.2, -0.15) is 0 Å². The average molecular weight is 427 g/mol. The van der Waals surface area contributed by atoms with Crippen molar-refractivity contribution in [3.8, 4) is 0 Å². The summed E-state index contributed by atoms with van der Waals surface area (Å²) in [6.07, 6.45) is 0. The van der Waals surface area contributed by atoms with Crippen LogP contribution >= 0.6 is 22.7 Å². The van der Waals surface area contributed by atoms with E-state index in [1.54, 1.807) is 0 Å². The number of nitrogens with zero attached hydrogens (tertiary/aromatic N) is 1. The minimum absolute atomic E-state index is 0.0647. The van der Waals surface area contributed by atoms with Gasteiger partial charge >= 0.3 is 0 Å². The SMILES string of the molecule is CC(C)(C)c1cc(C2=NCNc3c2sc2c3ccc3ccsc32)cc2ccccc12. The van der Waals surface area contributed by atoms with Crippen molar-refractivity contribution in [3.05, 3.63) is 76.0 Å². The molecule has 0 unspecified atom stereocenters. The van der Waals surface area contributed by atoms with E-state index in [1.165, 1.54) is 52.6 Å². The number of aliphatic imine (C=N–C) groups is 1. The third-order valence-electron chi connectivity index (χ3n) is 5.93. The number of benzene rings is 3. The van der Waals surface area contributed by atoms with E-state index in [1.807, 2.05) is 22.7 Å². The molecule has 0 bridgehead atoms. The third-order valence-corrected chi connectivity index (χ3v) is 8.23. The van der Waals surface area contributed by atoms with Crippen LogP contribution in [-0.4, -0.2) is 12.4 Å². The predicted octanol–water partition coefficient (Wildman–Crippen LogP) is 7.79. The molecule has 0 fully saturated rings. The van der Waals surface area contributed by atoms with Crippen LogP contribution in [0.25, 0.3) is 30.9 Å². The molecule has 4 heteroatoms. The highest BCUT2D eigenvalue weighted by molar-refractivity contribution is 7.28. The van der Waals surface area contributed by atoms with Crippen molar-refractivity contribution in [1.82, 2.24) is 0 Å². The van der Waals surface area contributed by atoms with Crippen molar-refractivity contribution in [2.75, 3.05) is 12.0 Å². The fourth-order valence-corrected chi connectivity index (χ4v) is 6.85. The third kappa shape index (κ3) is 2.64. The fraction of sp³-hybridized carbons (Fsp3) is 0.192. The van der Waals surface area contributed by atoms with E-state index in [2.05, 4.69) is 86.1 Å². The number of thiophene rings is 2. The summed E-state index contributed by atoms with van der Waals surface area (Å²) in [5, 5.41) is 11.0. The maximum Gasteiger partial charge on any atom is 0.108 e. The smallest absolute Gasteiger partial charge is 0.108 e. The molecule has 2 nitrogen and oxygen atoms in total. The first-order valence-corrected chi connectivity index (χ1v) is 12.0. The quantitative estimate of drug-likeness (QED) is 0.291. The summed E-state index contributed by atoms with van der Waals surface area (Å²) in [5.41, 5.74) is 5.01. The van der Waals surface area contributed by atoms with Gasteiger partial charge in [-0.15, -0.1) is 22.7 Å². The zero-order valence-corrected chi connectivity index (χ0v) is 18.9. The molecular weight excluding hydrogens is 404 g/mol. The Morgan fingerprint density at radius 1 is 0.900 bits per heavy atom. The van der Waals surface area contributed by atoms with E-state index in [4.69, 9.17) is 4.99 Å². The molecule has 0 saturated carbocycles. The number of hydrogen-bond donors (Lipinski definition) is 1. The van der Waals surface area contributed by atoms with Gasteiger partial charge in [0.2, 0.25) is 0 Å². The maximum atomic E-state index is 4.95. The Balaban J connectivity index is 1.62. The molecule has 3 heterocycles. The topological polar surface area (TPSA) is 24.4 Å². The van der Waals surface area contributed by atoms with Crippen molar-refractivity contribution >= 4 is 65.0 Å². The summed E-state index contributed by atoms with van der Waals surface area (Å²) in [7, 11) is 0. The summed E-state index contributed by atoms with van der Waals surface area (Å²) in [5.74, 6) is 0. The number of nitrogens with one attached hydrogen (secondary N) is 1. The minimum atomic E-state index is 0.0647. The Bertz CT molecular complexity index is 1480. The lowest BCUT2D eigenvalue weighted by Gasteiger charge is -2.24. The Kier molecular flexibility index (Phi) is 3.86. The van der Waals surface area contributed by atoms with E-state index in [-0.39, 0.29) is 5.41 Å². The molecule has 1 aliphatic heterocycles. The van der Waals surface area contributed by atoms with Crippen molar-refractivity contribution in [2.24, 2.45) is 4.99 Å². The molecule has 0 saturated heterocycles. The van der Waals surface area contributed by atoms with Crippen LogP contribution in [0.4, 0.5) is 5.69 Å². The molecule has 30 heavy (non-hydrogen) atoms. The number of anilines is 1. The molecule has 0 amide bonds. The second-order valence-electron chi connectivity index (χ2n) is 8.92. The highest BCUT2D eigenvalue weighted by atomic mass is 32.1. The summed E-state index contributed by atoms with van der Waals surface area (Å²) in [6, 6.07) is 20.1. The van der Waals surface area contributed by atoms with E-state index in [9.17, 15) is 0 Å². The minimum Gasteiger partial charge on any atom is -0.365 e. The van der Waals surface area contributed by atoms with Crippen molar-refractivity contribution in [2.45, 2.75) is 26.2 Å². The van der Waals surface area contributed by atoms with Gasteiger partial charge in [-0.25, -0.2) is 0 Å². The molecule has 1 N–H and O–H groups in total. The van der Waals surface area contributed by atoms with Crippen molar-refractivity contribution < 1.29 is 0 Å². The van der Waals surface area contributed by atoms with E-state index >= 15 is 0 Å². The Morgan fingerprint density at radius 3 is 2.63 bits per heavy atom. The van der Waals surface area contributed by atoms with Gasteiger partial charge in [0, 0.05) is 10.9 Å². The van der Waals surface area contributed by atoms with Crippen LogP contribution < -0.4 is 5.32 Å². The molecule has 1 aliphatic rings. The Morgan fingerprint density at radius 2 is 1.77 bits per heavy atom. The number of fused-ring (bicyclic) bond motifs is 6. The number of rotatable bonds is 1. The molecule has 148 valence electrons. The van der Waals surface area contributed by atoms with E-state index in [0.717, 1.165) is 5.71 Å². The molecule has 0 atom stereocenters. The van der Waals surface area contributed by atoms with Gasteiger partial charge in [0.05, 0.1) is 25.7 Å². The lowest BCUT2D eigenvalue weighted by molar-refractivity contribution is 0.596. The second-order valence-corrected chi connectivity index (χ2v) is 10.9. The first-order valence-electron chi connectivity index (χ1n) is 10.3. The van der Waals surface area contributed by atoms with Crippen LogP contribution in [-0.2, 0) is 5.41 Å². The second kappa shape index (κ2) is 6.40. The highest BCUT2D eigenvalue weighted by Gasteiger charge is 2.25. The maximum absolute atomic E-state index is 4.95.